The zero-order valence-corrected chi connectivity index (χ0v) is 14.1. The molecule has 6 nitrogen and oxygen atoms in total. The lowest BCUT2D eigenvalue weighted by atomic mass is 10.1. The van der Waals surface area contributed by atoms with Gasteiger partial charge in [-0.15, -0.1) is 0 Å². The second kappa shape index (κ2) is 6.48. The Labute approximate surface area is 145 Å². The summed E-state index contributed by atoms with van der Waals surface area (Å²) >= 11 is 0. The highest BCUT2D eigenvalue weighted by Crippen LogP contribution is 2.33. The third-order valence-electron chi connectivity index (χ3n) is 4.94. The van der Waals surface area contributed by atoms with E-state index in [1.807, 2.05) is 4.90 Å². The second-order valence-electron chi connectivity index (χ2n) is 6.70. The molecule has 3 heterocycles. The molecule has 4 rings (SSSR count). The van der Waals surface area contributed by atoms with Crippen molar-refractivity contribution in [3.05, 3.63) is 51.2 Å². The van der Waals surface area contributed by atoms with E-state index in [1.165, 1.54) is 0 Å². The van der Waals surface area contributed by atoms with Crippen molar-refractivity contribution in [3.63, 3.8) is 0 Å². The molecular weight excluding hydrogens is 323 g/mol. The van der Waals surface area contributed by atoms with Crippen LogP contribution >= 0.6 is 0 Å². The number of nitrogens with one attached hydrogen (secondary N) is 2. The van der Waals surface area contributed by atoms with Gasteiger partial charge in [-0.05, 0) is 49.6 Å². The second-order valence-corrected chi connectivity index (χ2v) is 6.70. The van der Waals surface area contributed by atoms with Gasteiger partial charge in [0.15, 0.2) is 11.6 Å². The molecule has 0 spiro atoms. The van der Waals surface area contributed by atoms with Crippen molar-refractivity contribution in [2.45, 2.75) is 39.0 Å². The lowest BCUT2D eigenvalue weighted by Gasteiger charge is -2.24. The van der Waals surface area contributed by atoms with Crippen LogP contribution in [0.1, 0.15) is 29.5 Å². The number of rotatable bonds is 3. The lowest BCUT2D eigenvalue weighted by molar-refractivity contribution is 0.160. The molecule has 1 aromatic carbocycles. The summed E-state index contributed by atoms with van der Waals surface area (Å²) in [4.78, 5) is 13.8. The molecule has 25 heavy (non-hydrogen) atoms. The predicted octanol–water partition coefficient (Wildman–Crippen LogP) is 1.87. The number of piperidine rings is 1. The first-order chi connectivity index (χ1) is 12.1. The molecule has 7 heteroatoms. The van der Waals surface area contributed by atoms with E-state index in [0.29, 0.717) is 24.4 Å². The van der Waals surface area contributed by atoms with Crippen LogP contribution in [0.3, 0.4) is 0 Å². The zero-order valence-electron chi connectivity index (χ0n) is 14.1. The third kappa shape index (κ3) is 3.11. The molecule has 0 radical (unpaired) electrons. The number of nitrogens with zero attached hydrogens (tertiary/aromatic N) is 2. The fraction of sp³-hybridized carbons (Fsp3) is 0.444. The Morgan fingerprint density at radius 3 is 2.88 bits per heavy atom. The van der Waals surface area contributed by atoms with Crippen LogP contribution in [-0.4, -0.2) is 29.4 Å². The maximum atomic E-state index is 14.4. The summed E-state index contributed by atoms with van der Waals surface area (Å²) in [5.41, 5.74) is 3.15. The topological polar surface area (TPSA) is 70.2 Å². The van der Waals surface area contributed by atoms with Gasteiger partial charge in [-0.25, -0.2) is 9.49 Å². The molecule has 2 aromatic rings. The largest absolute Gasteiger partial charge is 0.486 e. The zero-order chi connectivity index (χ0) is 17.4. The summed E-state index contributed by atoms with van der Waals surface area (Å²) in [7, 11) is 0. The quantitative estimate of drug-likeness (QED) is 0.890. The number of halogens is 1. The monoisotopic (exact) mass is 344 g/mol. The first-order valence-corrected chi connectivity index (χ1v) is 8.59. The molecule has 1 unspecified atom stereocenters. The molecule has 1 saturated heterocycles. The molecule has 1 atom stereocenters. The minimum Gasteiger partial charge on any atom is -0.486 e. The van der Waals surface area contributed by atoms with Crippen LogP contribution in [0.15, 0.2) is 23.1 Å². The fourth-order valence-corrected chi connectivity index (χ4v) is 3.53. The number of anilines is 1. The normalized spacial score (nSPS) is 19.8. The van der Waals surface area contributed by atoms with E-state index in [2.05, 4.69) is 15.5 Å². The highest BCUT2D eigenvalue weighted by atomic mass is 19.1. The van der Waals surface area contributed by atoms with E-state index in [0.717, 1.165) is 42.7 Å². The highest BCUT2D eigenvalue weighted by Gasteiger charge is 2.25. The Bertz CT molecular complexity index is 845. The van der Waals surface area contributed by atoms with Crippen molar-refractivity contribution in [1.82, 2.24) is 15.5 Å². The van der Waals surface area contributed by atoms with Crippen LogP contribution in [0, 0.1) is 12.7 Å². The van der Waals surface area contributed by atoms with Crippen molar-refractivity contribution in [2.24, 2.45) is 0 Å². The molecule has 2 aliphatic rings. The van der Waals surface area contributed by atoms with E-state index in [-0.39, 0.29) is 17.5 Å². The Morgan fingerprint density at radius 1 is 1.32 bits per heavy atom. The van der Waals surface area contributed by atoms with Crippen LogP contribution in [-0.2, 0) is 13.1 Å². The van der Waals surface area contributed by atoms with Gasteiger partial charge in [0, 0.05) is 25.2 Å². The van der Waals surface area contributed by atoms with E-state index in [9.17, 15) is 9.18 Å². The predicted molar refractivity (Wildman–Crippen MR) is 92.4 cm³/mol. The van der Waals surface area contributed by atoms with Gasteiger partial charge in [-0.2, -0.15) is 5.10 Å². The smallest absolute Gasteiger partial charge is 0.269 e. The van der Waals surface area contributed by atoms with Gasteiger partial charge in [0.05, 0.1) is 11.9 Å². The molecule has 2 aliphatic heterocycles. The summed E-state index contributed by atoms with van der Waals surface area (Å²) in [6, 6.07) is 3.35. The van der Waals surface area contributed by atoms with Gasteiger partial charge in [0.25, 0.3) is 5.56 Å². The maximum absolute atomic E-state index is 14.4. The van der Waals surface area contributed by atoms with Crippen LogP contribution in [0.2, 0.25) is 0 Å². The fourth-order valence-electron chi connectivity index (χ4n) is 3.53. The lowest BCUT2D eigenvalue weighted by Crippen LogP contribution is -2.37. The molecule has 1 aromatic heterocycles. The van der Waals surface area contributed by atoms with Gasteiger partial charge in [-0.3, -0.25) is 4.79 Å². The molecule has 0 aliphatic carbocycles. The minimum absolute atomic E-state index is 0.0120. The number of H-pyrrole nitrogens is 1. The molecule has 132 valence electrons. The number of benzene rings is 1. The van der Waals surface area contributed by atoms with Crippen LogP contribution in [0.5, 0.6) is 5.75 Å². The Morgan fingerprint density at radius 2 is 2.12 bits per heavy atom. The van der Waals surface area contributed by atoms with Crippen molar-refractivity contribution in [3.8, 4) is 5.75 Å². The van der Waals surface area contributed by atoms with Crippen LogP contribution < -0.4 is 20.5 Å². The van der Waals surface area contributed by atoms with Gasteiger partial charge >= 0.3 is 0 Å². The number of fused-ring (bicyclic) bond motifs is 1. The van der Waals surface area contributed by atoms with Gasteiger partial charge in [0.2, 0.25) is 0 Å². The molecule has 2 N–H and O–H groups in total. The molecule has 0 bridgehead atoms. The van der Waals surface area contributed by atoms with E-state index in [4.69, 9.17) is 4.74 Å². The number of aromatic amines is 1. The maximum Gasteiger partial charge on any atom is 0.269 e. The number of hydrogen-bond donors (Lipinski definition) is 2. The van der Waals surface area contributed by atoms with Crippen molar-refractivity contribution >= 4 is 5.69 Å². The average molecular weight is 344 g/mol. The highest BCUT2D eigenvalue weighted by molar-refractivity contribution is 5.55. The summed E-state index contributed by atoms with van der Waals surface area (Å²) in [5, 5.41) is 9.58. The molecule has 1 fully saturated rings. The van der Waals surface area contributed by atoms with Gasteiger partial charge in [-0.1, -0.05) is 0 Å². The minimum atomic E-state index is -0.327. The standard InChI is InChI=1S/C18H21FN4O2/c1-11-16(8-21-22-18(11)24)23-9-12-5-15(19)17(6-13(12)10-23)25-14-3-2-4-20-7-14/h5-6,8,14,20H,2-4,7,9-10H2,1H3,(H,22,24). The summed E-state index contributed by atoms with van der Waals surface area (Å²) < 4.78 is 20.3. The molecule has 0 amide bonds. The Balaban J connectivity index is 1.57. The van der Waals surface area contributed by atoms with E-state index < -0.39 is 0 Å². The van der Waals surface area contributed by atoms with Crippen molar-refractivity contribution in [2.75, 3.05) is 18.0 Å². The molecular formula is C18H21FN4O2. The van der Waals surface area contributed by atoms with Gasteiger partial charge < -0.3 is 15.0 Å². The Kier molecular flexibility index (Phi) is 4.17. The average Bonchev–Trinajstić information content (AvgIpc) is 3.01. The van der Waals surface area contributed by atoms with E-state index >= 15 is 0 Å². The number of ether oxygens (including phenoxy) is 1. The first kappa shape index (κ1) is 16.1. The van der Waals surface area contributed by atoms with Crippen LogP contribution in [0.4, 0.5) is 10.1 Å². The number of aromatic nitrogens is 2. The Hall–Kier alpha value is -2.41. The third-order valence-corrected chi connectivity index (χ3v) is 4.94. The SMILES string of the molecule is Cc1c(N2Cc3cc(F)c(OC4CCCNC4)cc3C2)cn[nH]c1=O. The summed E-state index contributed by atoms with van der Waals surface area (Å²) in [6.07, 6.45) is 3.63. The van der Waals surface area contributed by atoms with Gasteiger partial charge in [0.1, 0.15) is 6.10 Å². The van der Waals surface area contributed by atoms with Crippen molar-refractivity contribution < 1.29 is 9.13 Å². The number of hydrogen-bond acceptors (Lipinski definition) is 5. The first-order valence-electron chi connectivity index (χ1n) is 8.59. The van der Waals surface area contributed by atoms with E-state index in [1.54, 1.807) is 25.3 Å². The summed E-state index contributed by atoms with van der Waals surface area (Å²) in [6.45, 7) is 4.68. The van der Waals surface area contributed by atoms with Crippen molar-refractivity contribution in [1.29, 1.82) is 0 Å². The molecule has 0 saturated carbocycles. The van der Waals surface area contributed by atoms with Crippen LogP contribution in [0.25, 0.3) is 0 Å². The summed E-state index contributed by atoms with van der Waals surface area (Å²) in [5.74, 6) is -0.0121.